The molecule has 0 aromatic carbocycles. The number of carbonyl (C=O) groups excluding carboxylic acids is 1. The first kappa shape index (κ1) is 14.4. The molecule has 2 N–H and O–H groups in total. The standard InChI is InChI=1S/C11H24N2O2/c1-4-10(5-2)13-11(14)9-15-8-7-12-6-3/h10,12H,4-9H2,1-3H3,(H,13,14). The van der Waals surface area contributed by atoms with Crippen LogP contribution in [0.15, 0.2) is 0 Å². The van der Waals surface area contributed by atoms with Gasteiger partial charge >= 0.3 is 0 Å². The van der Waals surface area contributed by atoms with Gasteiger partial charge in [-0.1, -0.05) is 20.8 Å². The predicted molar refractivity (Wildman–Crippen MR) is 61.9 cm³/mol. The maximum Gasteiger partial charge on any atom is 0.246 e. The highest BCUT2D eigenvalue weighted by Crippen LogP contribution is 1.95. The number of amides is 1. The fourth-order valence-electron chi connectivity index (χ4n) is 1.25. The van der Waals surface area contributed by atoms with E-state index in [0.717, 1.165) is 25.9 Å². The van der Waals surface area contributed by atoms with Gasteiger partial charge in [0, 0.05) is 12.6 Å². The van der Waals surface area contributed by atoms with Crippen LogP contribution in [0.2, 0.25) is 0 Å². The summed E-state index contributed by atoms with van der Waals surface area (Å²) in [5.74, 6) is -0.0137. The molecule has 0 rings (SSSR count). The minimum absolute atomic E-state index is 0.0137. The second kappa shape index (κ2) is 9.93. The number of ether oxygens (including phenoxy) is 1. The summed E-state index contributed by atoms with van der Waals surface area (Å²) in [5.41, 5.74) is 0. The second-order valence-electron chi connectivity index (χ2n) is 3.49. The Bertz CT molecular complexity index is 159. The molecule has 0 aliphatic rings. The maximum absolute atomic E-state index is 11.3. The van der Waals surface area contributed by atoms with Gasteiger partial charge in [-0.05, 0) is 19.4 Å². The van der Waals surface area contributed by atoms with Crippen LogP contribution in [0.4, 0.5) is 0 Å². The molecule has 0 atom stereocenters. The topological polar surface area (TPSA) is 50.4 Å². The van der Waals surface area contributed by atoms with E-state index < -0.39 is 0 Å². The van der Waals surface area contributed by atoms with Crippen molar-refractivity contribution in [2.75, 3.05) is 26.3 Å². The summed E-state index contributed by atoms with van der Waals surface area (Å²) >= 11 is 0. The molecule has 15 heavy (non-hydrogen) atoms. The minimum Gasteiger partial charge on any atom is -0.370 e. The predicted octanol–water partition coefficient (Wildman–Crippen LogP) is 0.917. The Morgan fingerprint density at radius 1 is 1.27 bits per heavy atom. The summed E-state index contributed by atoms with van der Waals surface area (Å²) in [5, 5.41) is 6.05. The van der Waals surface area contributed by atoms with E-state index in [1.165, 1.54) is 0 Å². The number of hydrogen-bond acceptors (Lipinski definition) is 3. The first-order valence-corrected chi connectivity index (χ1v) is 5.82. The average molecular weight is 216 g/mol. The van der Waals surface area contributed by atoms with E-state index >= 15 is 0 Å². The lowest BCUT2D eigenvalue weighted by Crippen LogP contribution is -2.36. The Labute approximate surface area is 92.8 Å². The van der Waals surface area contributed by atoms with Crippen LogP contribution in [0.25, 0.3) is 0 Å². The largest absolute Gasteiger partial charge is 0.370 e. The van der Waals surface area contributed by atoms with Crippen molar-refractivity contribution in [3.8, 4) is 0 Å². The second-order valence-corrected chi connectivity index (χ2v) is 3.49. The molecule has 0 radical (unpaired) electrons. The lowest BCUT2D eigenvalue weighted by atomic mass is 10.2. The van der Waals surface area contributed by atoms with Gasteiger partial charge in [-0.3, -0.25) is 4.79 Å². The number of hydrogen-bond donors (Lipinski definition) is 2. The van der Waals surface area contributed by atoms with E-state index in [2.05, 4.69) is 24.5 Å². The Kier molecular flexibility index (Phi) is 9.52. The van der Waals surface area contributed by atoms with Crippen molar-refractivity contribution in [1.29, 1.82) is 0 Å². The number of carbonyl (C=O) groups is 1. The zero-order valence-electron chi connectivity index (χ0n) is 10.1. The van der Waals surface area contributed by atoms with Gasteiger partial charge in [-0.15, -0.1) is 0 Å². The van der Waals surface area contributed by atoms with Gasteiger partial charge in [0.1, 0.15) is 6.61 Å². The molecule has 0 heterocycles. The van der Waals surface area contributed by atoms with Crippen LogP contribution in [0, 0.1) is 0 Å². The molecule has 0 fully saturated rings. The minimum atomic E-state index is -0.0137. The summed E-state index contributed by atoms with van der Waals surface area (Å²) in [6.45, 7) is 8.67. The molecule has 0 aliphatic heterocycles. The molecule has 0 spiro atoms. The molecule has 90 valence electrons. The van der Waals surface area contributed by atoms with Crippen molar-refractivity contribution in [1.82, 2.24) is 10.6 Å². The summed E-state index contributed by atoms with van der Waals surface area (Å²) in [7, 11) is 0. The van der Waals surface area contributed by atoms with Gasteiger partial charge in [-0.25, -0.2) is 0 Å². The van der Waals surface area contributed by atoms with Crippen molar-refractivity contribution in [3.05, 3.63) is 0 Å². The summed E-state index contributed by atoms with van der Waals surface area (Å²) in [4.78, 5) is 11.3. The Morgan fingerprint density at radius 3 is 2.47 bits per heavy atom. The highest BCUT2D eigenvalue weighted by atomic mass is 16.5. The third kappa shape index (κ3) is 8.39. The molecule has 0 unspecified atom stereocenters. The van der Waals surface area contributed by atoms with Gasteiger partial charge < -0.3 is 15.4 Å². The molecule has 0 bridgehead atoms. The number of rotatable bonds is 9. The summed E-state index contributed by atoms with van der Waals surface area (Å²) in [6, 6.07) is 0.287. The van der Waals surface area contributed by atoms with E-state index in [9.17, 15) is 4.79 Å². The van der Waals surface area contributed by atoms with Crippen LogP contribution in [-0.2, 0) is 9.53 Å². The lowest BCUT2D eigenvalue weighted by molar-refractivity contribution is -0.126. The zero-order chi connectivity index (χ0) is 11.5. The smallest absolute Gasteiger partial charge is 0.246 e. The molecule has 0 aromatic rings. The van der Waals surface area contributed by atoms with E-state index in [1.807, 2.05) is 6.92 Å². The Hall–Kier alpha value is -0.610. The Balaban J connectivity index is 3.40. The van der Waals surface area contributed by atoms with Gasteiger partial charge in [-0.2, -0.15) is 0 Å². The molecule has 0 aliphatic carbocycles. The summed E-state index contributed by atoms with van der Waals surface area (Å²) < 4.78 is 5.21. The quantitative estimate of drug-likeness (QED) is 0.563. The van der Waals surface area contributed by atoms with Crippen LogP contribution in [0.3, 0.4) is 0 Å². The van der Waals surface area contributed by atoms with Crippen LogP contribution >= 0.6 is 0 Å². The fourth-order valence-corrected chi connectivity index (χ4v) is 1.25. The van der Waals surface area contributed by atoms with Gasteiger partial charge in [0.05, 0.1) is 6.61 Å². The van der Waals surface area contributed by atoms with Gasteiger partial charge in [0.15, 0.2) is 0 Å². The van der Waals surface area contributed by atoms with Crippen LogP contribution < -0.4 is 10.6 Å². The third-order valence-electron chi connectivity index (χ3n) is 2.26. The number of likely N-dealkylation sites (N-methyl/N-ethyl adjacent to an activating group) is 1. The molecular formula is C11H24N2O2. The van der Waals surface area contributed by atoms with Crippen LogP contribution in [-0.4, -0.2) is 38.3 Å². The van der Waals surface area contributed by atoms with E-state index in [1.54, 1.807) is 0 Å². The van der Waals surface area contributed by atoms with E-state index in [0.29, 0.717) is 6.61 Å². The van der Waals surface area contributed by atoms with Crippen molar-refractivity contribution in [2.45, 2.75) is 39.7 Å². The van der Waals surface area contributed by atoms with Crippen LogP contribution in [0.5, 0.6) is 0 Å². The first-order valence-electron chi connectivity index (χ1n) is 5.82. The molecule has 0 saturated heterocycles. The first-order chi connectivity index (χ1) is 7.24. The van der Waals surface area contributed by atoms with Crippen molar-refractivity contribution in [2.24, 2.45) is 0 Å². The normalized spacial score (nSPS) is 10.7. The van der Waals surface area contributed by atoms with E-state index in [4.69, 9.17) is 4.74 Å². The molecular weight excluding hydrogens is 192 g/mol. The average Bonchev–Trinajstić information content (AvgIpc) is 2.25. The maximum atomic E-state index is 11.3. The van der Waals surface area contributed by atoms with Crippen molar-refractivity contribution < 1.29 is 9.53 Å². The molecule has 4 heteroatoms. The van der Waals surface area contributed by atoms with Crippen LogP contribution in [0.1, 0.15) is 33.6 Å². The fraction of sp³-hybridized carbons (Fsp3) is 0.909. The van der Waals surface area contributed by atoms with Crippen molar-refractivity contribution >= 4 is 5.91 Å². The van der Waals surface area contributed by atoms with Crippen molar-refractivity contribution in [3.63, 3.8) is 0 Å². The third-order valence-corrected chi connectivity index (χ3v) is 2.26. The number of nitrogens with one attached hydrogen (secondary N) is 2. The van der Waals surface area contributed by atoms with Gasteiger partial charge in [0.2, 0.25) is 5.91 Å². The Morgan fingerprint density at radius 2 is 1.93 bits per heavy atom. The van der Waals surface area contributed by atoms with Gasteiger partial charge in [0.25, 0.3) is 0 Å². The monoisotopic (exact) mass is 216 g/mol. The molecule has 0 saturated carbocycles. The molecule has 1 amide bonds. The molecule has 0 aromatic heterocycles. The highest BCUT2D eigenvalue weighted by Gasteiger charge is 2.07. The highest BCUT2D eigenvalue weighted by molar-refractivity contribution is 5.77. The molecule has 4 nitrogen and oxygen atoms in total. The zero-order valence-corrected chi connectivity index (χ0v) is 10.1. The summed E-state index contributed by atoms with van der Waals surface area (Å²) in [6.07, 6.45) is 1.94. The van der Waals surface area contributed by atoms with E-state index in [-0.39, 0.29) is 18.6 Å². The lowest BCUT2D eigenvalue weighted by Gasteiger charge is -2.14. The SMILES string of the molecule is CCNCCOCC(=O)NC(CC)CC.